The number of amides is 1. The highest BCUT2D eigenvalue weighted by Gasteiger charge is 2.30. The van der Waals surface area contributed by atoms with Gasteiger partial charge in [-0.25, -0.2) is 9.07 Å². The van der Waals surface area contributed by atoms with Crippen LogP contribution in [0.15, 0.2) is 28.9 Å². The van der Waals surface area contributed by atoms with Crippen molar-refractivity contribution in [2.45, 2.75) is 32.2 Å². The highest BCUT2D eigenvalue weighted by Crippen LogP contribution is 2.26. The first-order chi connectivity index (χ1) is 13.4. The van der Waals surface area contributed by atoms with Gasteiger partial charge in [-0.2, -0.15) is 4.98 Å². The topological polar surface area (TPSA) is 89.9 Å². The average molecular weight is 405 g/mol. The van der Waals surface area contributed by atoms with Crippen molar-refractivity contribution in [3.05, 3.63) is 46.6 Å². The van der Waals surface area contributed by atoms with E-state index < -0.39 is 5.82 Å². The van der Waals surface area contributed by atoms with Crippen molar-refractivity contribution in [2.75, 3.05) is 13.1 Å². The Morgan fingerprint density at radius 1 is 1.39 bits per heavy atom. The maximum atomic E-state index is 14.0. The number of nitrogens with zero attached hydrogens (tertiary/aromatic N) is 6. The van der Waals surface area contributed by atoms with Gasteiger partial charge in [0.05, 0.1) is 17.8 Å². The van der Waals surface area contributed by atoms with E-state index in [-0.39, 0.29) is 23.4 Å². The van der Waals surface area contributed by atoms with Crippen molar-refractivity contribution in [1.29, 1.82) is 0 Å². The maximum Gasteiger partial charge on any atom is 0.280 e. The van der Waals surface area contributed by atoms with Crippen LogP contribution in [0.2, 0.25) is 5.02 Å². The largest absolute Gasteiger partial charge is 0.336 e. The van der Waals surface area contributed by atoms with Crippen LogP contribution in [-0.4, -0.2) is 49.0 Å². The summed E-state index contributed by atoms with van der Waals surface area (Å²) in [5.41, 5.74) is 0.449. The Balaban J connectivity index is 1.48. The fourth-order valence-electron chi connectivity index (χ4n) is 3.10. The molecule has 1 aliphatic rings. The molecule has 146 valence electrons. The van der Waals surface area contributed by atoms with E-state index in [1.165, 1.54) is 18.2 Å². The van der Waals surface area contributed by atoms with Crippen LogP contribution in [0.1, 0.15) is 48.4 Å². The molecule has 1 saturated heterocycles. The first-order valence-electron chi connectivity index (χ1n) is 8.92. The molecule has 3 heterocycles. The number of rotatable bonds is 4. The Morgan fingerprint density at radius 2 is 2.21 bits per heavy atom. The number of likely N-dealkylation sites (tertiary alicyclic amines) is 1. The van der Waals surface area contributed by atoms with Crippen molar-refractivity contribution in [3.63, 3.8) is 0 Å². The first-order valence-corrected chi connectivity index (χ1v) is 9.30. The van der Waals surface area contributed by atoms with E-state index in [9.17, 15) is 9.18 Å². The second kappa shape index (κ2) is 7.31. The van der Waals surface area contributed by atoms with E-state index >= 15 is 0 Å². The van der Waals surface area contributed by atoms with Crippen LogP contribution in [0, 0.1) is 5.82 Å². The summed E-state index contributed by atoms with van der Waals surface area (Å²) < 4.78 is 20.9. The molecule has 0 unspecified atom stereocenters. The van der Waals surface area contributed by atoms with Gasteiger partial charge in [-0.1, -0.05) is 35.8 Å². The van der Waals surface area contributed by atoms with Crippen LogP contribution in [0.3, 0.4) is 0 Å². The van der Waals surface area contributed by atoms with Crippen molar-refractivity contribution >= 4 is 17.5 Å². The van der Waals surface area contributed by atoms with Gasteiger partial charge in [0.25, 0.3) is 11.8 Å². The standard InChI is InChI=1S/C18H18ClFN6O2/c1-10(2)16-21-17(28-23-16)15-9-26(24-22-15)12-5-6-25(8-12)18(27)13-7-11(19)3-4-14(13)20/h3-4,7,9-10,12H,5-6,8H2,1-2H3/t12-/m1/s1. The van der Waals surface area contributed by atoms with E-state index in [4.69, 9.17) is 16.1 Å². The SMILES string of the molecule is CC(C)c1noc(-c2cn([C@@H]3CCN(C(=O)c4cc(Cl)ccc4F)C3)nn2)n1. The Hall–Kier alpha value is -2.81. The minimum atomic E-state index is -0.585. The fraction of sp³-hybridized carbons (Fsp3) is 0.389. The molecule has 0 N–H and O–H groups in total. The molecule has 1 fully saturated rings. The Kier molecular flexibility index (Phi) is 4.84. The van der Waals surface area contributed by atoms with Gasteiger partial charge in [0.15, 0.2) is 11.5 Å². The van der Waals surface area contributed by atoms with Gasteiger partial charge in [-0.3, -0.25) is 4.79 Å². The van der Waals surface area contributed by atoms with Crippen LogP contribution in [-0.2, 0) is 0 Å². The second-order valence-electron chi connectivity index (χ2n) is 7.01. The molecular weight excluding hydrogens is 387 g/mol. The smallest absolute Gasteiger partial charge is 0.280 e. The monoisotopic (exact) mass is 404 g/mol. The summed E-state index contributed by atoms with van der Waals surface area (Å²) in [5, 5.41) is 12.5. The van der Waals surface area contributed by atoms with Crippen LogP contribution < -0.4 is 0 Å². The predicted octanol–water partition coefficient (Wildman–Crippen LogP) is 3.33. The third kappa shape index (κ3) is 3.49. The molecule has 8 nitrogen and oxygen atoms in total. The summed E-state index contributed by atoms with van der Waals surface area (Å²) >= 11 is 5.89. The van der Waals surface area contributed by atoms with Gasteiger partial charge in [0, 0.05) is 24.0 Å². The van der Waals surface area contributed by atoms with Gasteiger partial charge >= 0.3 is 0 Å². The number of hydrogen-bond acceptors (Lipinski definition) is 6. The van der Waals surface area contributed by atoms with Crippen molar-refractivity contribution < 1.29 is 13.7 Å². The van der Waals surface area contributed by atoms with E-state index in [1.54, 1.807) is 15.8 Å². The summed E-state index contributed by atoms with van der Waals surface area (Å²) in [6.07, 6.45) is 2.40. The zero-order valence-electron chi connectivity index (χ0n) is 15.3. The number of halogens is 2. The molecule has 0 aliphatic carbocycles. The van der Waals surface area contributed by atoms with E-state index in [2.05, 4.69) is 20.5 Å². The molecule has 1 aliphatic heterocycles. The summed E-state index contributed by atoms with van der Waals surface area (Å²) in [4.78, 5) is 18.5. The summed E-state index contributed by atoms with van der Waals surface area (Å²) in [6.45, 7) is 4.83. The molecular formula is C18H18ClFN6O2. The van der Waals surface area contributed by atoms with E-state index in [0.29, 0.717) is 41.9 Å². The quantitative estimate of drug-likeness (QED) is 0.662. The highest BCUT2D eigenvalue weighted by molar-refractivity contribution is 6.31. The highest BCUT2D eigenvalue weighted by atomic mass is 35.5. The third-order valence-electron chi connectivity index (χ3n) is 4.67. The summed E-state index contributed by atoms with van der Waals surface area (Å²) in [6, 6.07) is 3.89. The molecule has 10 heteroatoms. The lowest BCUT2D eigenvalue weighted by molar-refractivity contribution is 0.0782. The van der Waals surface area contributed by atoms with Gasteiger partial charge < -0.3 is 9.42 Å². The minimum absolute atomic E-state index is 0.0282. The Morgan fingerprint density at radius 3 is 2.96 bits per heavy atom. The van der Waals surface area contributed by atoms with Crippen molar-refractivity contribution in [2.24, 2.45) is 0 Å². The van der Waals surface area contributed by atoms with Crippen LogP contribution >= 0.6 is 11.6 Å². The second-order valence-corrected chi connectivity index (χ2v) is 7.45. The van der Waals surface area contributed by atoms with Gasteiger partial charge in [-0.05, 0) is 24.6 Å². The molecule has 1 atom stereocenters. The number of carbonyl (C=O) groups excluding carboxylic acids is 1. The predicted molar refractivity (Wildman–Crippen MR) is 98.4 cm³/mol. The molecule has 4 rings (SSSR count). The zero-order chi connectivity index (χ0) is 19.8. The summed E-state index contributed by atoms with van der Waals surface area (Å²) in [5.74, 6) is 0.0843. The van der Waals surface area contributed by atoms with E-state index in [0.717, 1.165) is 0 Å². The number of aromatic nitrogens is 5. The van der Waals surface area contributed by atoms with Crippen LogP contribution in [0.25, 0.3) is 11.6 Å². The molecule has 0 saturated carbocycles. The molecule has 28 heavy (non-hydrogen) atoms. The molecule has 0 radical (unpaired) electrons. The lowest BCUT2D eigenvalue weighted by Gasteiger charge is -2.17. The lowest BCUT2D eigenvalue weighted by Crippen LogP contribution is -2.30. The molecule has 0 bridgehead atoms. The molecule has 3 aromatic rings. The average Bonchev–Trinajstić information content (AvgIpc) is 3.41. The maximum absolute atomic E-state index is 14.0. The molecule has 2 aromatic heterocycles. The van der Waals surface area contributed by atoms with Crippen molar-refractivity contribution in [3.8, 4) is 11.6 Å². The normalized spacial score (nSPS) is 16.9. The Bertz CT molecular complexity index is 1020. The lowest BCUT2D eigenvalue weighted by atomic mass is 10.2. The van der Waals surface area contributed by atoms with E-state index in [1.807, 2.05) is 13.8 Å². The Labute approximate surface area is 165 Å². The number of hydrogen-bond donors (Lipinski definition) is 0. The van der Waals surface area contributed by atoms with Crippen LogP contribution in [0.5, 0.6) is 0 Å². The number of carbonyl (C=O) groups is 1. The van der Waals surface area contributed by atoms with Crippen LogP contribution in [0.4, 0.5) is 4.39 Å². The van der Waals surface area contributed by atoms with Gasteiger partial charge in [-0.15, -0.1) is 5.10 Å². The third-order valence-corrected chi connectivity index (χ3v) is 4.91. The summed E-state index contributed by atoms with van der Waals surface area (Å²) in [7, 11) is 0. The van der Waals surface area contributed by atoms with Crippen molar-refractivity contribution in [1.82, 2.24) is 30.0 Å². The number of benzene rings is 1. The molecule has 1 amide bonds. The first kappa shape index (κ1) is 18.5. The molecule has 1 aromatic carbocycles. The molecule has 0 spiro atoms. The zero-order valence-corrected chi connectivity index (χ0v) is 16.1. The van der Waals surface area contributed by atoms with Gasteiger partial charge in [0.2, 0.25) is 0 Å². The van der Waals surface area contributed by atoms with Gasteiger partial charge in [0.1, 0.15) is 5.82 Å². The fourth-order valence-corrected chi connectivity index (χ4v) is 3.27. The minimum Gasteiger partial charge on any atom is -0.336 e.